The molecular weight excluding hydrogens is 224 g/mol. The Morgan fingerprint density at radius 1 is 1.41 bits per heavy atom. The van der Waals surface area contributed by atoms with Gasteiger partial charge in [0.1, 0.15) is 0 Å². The molecule has 2 unspecified atom stereocenters. The van der Waals surface area contributed by atoms with E-state index in [1.165, 1.54) is 7.11 Å². The summed E-state index contributed by atoms with van der Waals surface area (Å²) in [7, 11) is 1.42. The number of ether oxygens (including phenoxy) is 1. The molecule has 0 fully saturated rings. The Morgan fingerprint density at radius 2 is 2.00 bits per heavy atom. The molecule has 0 aliphatic carbocycles. The first-order valence-corrected chi connectivity index (χ1v) is 5.64. The number of amides is 1. The minimum Gasteiger partial charge on any atom is -0.481 e. The zero-order chi connectivity index (χ0) is 13.4. The molecule has 0 saturated heterocycles. The number of hydrogen-bond acceptors (Lipinski definition) is 4. The molecule has 6 heteroatoms. The summed E-state index contributed by atoms with van der Waals surface area (Å²) in [6.45, 7) is 4.30. The highest BCUT2D eigenvalue weighted by atomic mass is 16.5. The van der Waals surface area contributed by atoms with E-state index in [0.29, 0.717) is 0 Å². The molecule has 0 saturated carbocycles. The van der Waals surface area contributed by atoms with Gasteiger partial charge in [-0.1, -0.05) is 13.8 Å². The standard InChI is InChI=1S/C11H22N2O4/c1-7(2)9(5-12)11(16)13-6-8(17-3)4-10(14)15/h7-9H,4-6,12H2,1-3H3,(H,13,16)(H,14,15). The second-order valence-corrected chi connectivity index (χ2v) is 4.29. The third-order valence-corrected chi connectivity index (χ3v) is 2.64. The number of carboxylic acid groups (broad SMARTS) is 1. The van der Waals surface area contributed by atoms with Crippen LogP contribution >= 0.6 is 0 Å². The molecule has 0 aromatic rings. The van der Waals surface area contributed by atoms with Gasteiger partial charge in [-0.15, -0.1) is 0 Å². The Hall–Kier alpha value is -1.14. The van der Waals surface area contributed by atoms with Crippen LogP contribution in [0.15, 0.2) is 0 Å². The number of nitrogens with two attached hydrogens (primary N) is 1. The second-order valence-electron chi connectivity index (χ2n) is 4.29. The molecule has 0 aromatic heterocycles. The van der Waals surface area contributed by atoms with Crippen LogP contribution < -0.4 is 11.1 Å². The first-order chi connectivity index (χ1) is 7.92. The van der Waals surface area contributed by atoms with Crippen molar-refractivity contribution in [1.29, 1.82) is 0 Å². The summed E-state index contributed by atoms with van der Waals surface area (Å²) in [5.74, 6) is -1.21. The van der Waals surface area contributed by atoms with Gasteiger partial charge in [0, 0.05) is 20.2 Å². The number of hydrogen-bond donors (Lipinski definition) is 3. The average Bonchev–Trinajstić information content (AvgIpc) is 2.24. The smallest absolute Gasteiger partial charge is 0.306 e. The Labute approximate surface area is 102 Å². The highest BCUT2D eigenvalue weighted by molar-refractivity contribution is 5.79. The first kappa shape index (κ1) is 15.9. The Morgan fingerprint density at radius 3 is 2.35 bits per heavy atom. The minimum atomic E-state index is -0.953. The van der Waals surface area contributed by atoms with Crippen molar-refractivity contribution in [1.82, 2.24) is 5.32 Å². The molecule has 4 N–H and O–H groups in total. The van der Waals surface area contributed by atoms with Gasteiger partial charge in [0.2, 0.25) is 5.91 Å². The summed E-state index contributed by atoms with van der Waals surface area (Å²) in [5, 5.41) is 11.3. The maximum absolute atomic E-state index is 11.7. The van der Waals surface area contributed by atoms with Crippen LogP contribution in [0.2, 0.25) is 0 Å². The van der Waals surface area contributed by atoms with Crippen LogP contribution in [-0.4, -0.2) is 43.3 Å². The molecular formula is C11H22N2O4. The van der Waals surface area contributed by atoms with E-state index in [0.717, 1.165) is 0 Å². The maximum Gasteiger partial charge on any atom is 0.306 e. The van der Waals surface area contributed by atoms with Gasteiger partial charge in [-0.3, -0.25) is 9.59 Å². The average molecular weight is 246 g/mol. The van der Waals surface area contributed by atoms with Crippen molar-refractivity contribution < 1.29 is 19.4 Å². The Bertz CT molecular complexity index is 256. The van der Waals surface area contributed by atoms with Crippen LogP contribution in [0.4, 0.5) is 0 Å². The number of carbonyl (C=O) groups is 2. The molecule has 0 spiro atoms. The van der Waals surface area contributed by atoms with E-state index < -0.39 is 12.1 Å². The number of carboxylic acids is 1. The van der Waals surface area contributed by atoms with Gasteiger partial charge in [0.05, 0.1) is 18.4 Å². The summed E-state index contributed by atoms with van der Waals surface area (Å²) in [6, 6.07) is 0. The van der Waals surface area contributed by atoms with Crippen molar-refractivity contribution in [2.45, 2.75) is 26.4 Å². The van der Waals surface area contributed by atoms with Crippen molar-refractivity contribution in [3.05, 3.63) is 0 Å². The fourth-order valence-electron chi connectivity index (χ4n) is 1.46. The van der Waals surface area contributed by atoms with Crippen molar-refractivity contribution >= 4 is 11.9 Å². The van der Waals surface area contributed by atoms with Gasteiger partial charge in [-0.25, -0.2) is 0 Å². The Balaban J connectivity index is 4.15. The fraction of sp³-hybridized carbons (Fsp3) is 0.818. The normalized spacial score (nSPS) is 14.4. The number of methoxy groups -OCH3 is 1. The topological polar surface area (TPSA) is 102 Å². The summed E-state index contributed by atoms with van der Waals surface area (Å²) in [4.78, 5) is 22.2. The zero-order valence-electron chi connectivity index (χ0n) is 10.6. The fourth-order valence-corrected chi connectivity index (χ4v) is 1.46. The number of aliphatic carboxylic acids is 1. The molecule has 17 heavy (non-hydrogen) atoms. The van der Waals surface area contributed by atoms with Crippen LogP contribution in [0.1, 0.15) is 20.3 Å². The predicted molar refractivity (Wildman–Crippen MR) is 63.4 cm³/mol. The lowest BCUT2D eigenvalue weighted by atomic mass is 9.95. The van der Waals surface area contributed by atoms with E-state index in [4.69, 9.17) is 15.6 Å². The van der Waals surface area contributed by atoms with E-state index in [1.807, 2.05) is 13.8 Å². The van der Waals surface area contributed by atoms with Gasteiger partial charge >= 0.3 is 5.97 Å². The van der Waals surface area contributed by atoms with Gasteiger partial charge in [-0.2, -0.15) is 0 Å². The highest BCUT2D eigenvalue weighted by Crippen LogP contribution is 2.09. The van der Waals surface area contributed by atoms with E-state index in [1.54, 1.807) is 0 Å². The van der Waals surface area contributed by atoms with Gasteiger partial charge in [0.25, 0.3) is 0 Å². The molecule has 0 heterocycles. The zero-order valence-corrected chi connectivity index (χ0v) is 10.6. The summed E-state index contributed by atoms with van der Waals surface area (Å²) in [5.41, 5.74) is 5.51. The van der Waals surface area contributed by atoms with Crippen molar-refractivity contribution in [3.63, 3.8) is 0 Å². The first-order valence-electron chi connectivity index (χ1n) is 5.64. The summed E-state index contributed by atoms with van der Waals surface area (Å²) in [6.07, 6.45) is -0.645. The highest BCUT2D eigenvalue weighted by Gasteiger charge is 2.21. The largest absolute Gasteiger partial charge is 0.481 e. The lowest BCUT2D eigenvalue weighted by molar-refractivity contribution is -0.140. The van der Waals surface area contributed by atoms with Gasteiger partial charge in [-0.05, 0) is 5.92 Å². The summed E-state index contributed by atoms with van der Waals surface area (Å²) >= 11 is 0. The molecule has 2 atom stereocenters. The van der Waals surface area contributed by atoms with Crippen molar-refractivity contribution in [2.24, 2.45) is 17.6 Å². The molecule has 0 aromatic carbocycles. The minimum absolute atomic E-state index is 0.133. The van der Waals surface area contributed by atoms with Crippen LogP contribution in [0.25, 0.3) is 0 Å². The van der Waals surface area contributed by atoms with Crippen molar-refractivity contribution in [3.8, 4) is 0 Å². The third kappa shape index (κ3) is 6.23. The van der Waals surface area contributed by atoms with E-state index >= 15 is 0 Å². The van der Waals surface area contributed by atoms with Crippen LogP contribution in [0.5, 0.6) is 0 Å². The maximum atomic E-state index is 11.7. The van der Waals surface area contributed by atoms with Crippen LogP contribution in [0, 0.1) is 11.8 Å². The molecule has 0 bridgehead atoms. The monoisotopic (exact) mass is 246 g/mol. The third-order valence-electron chi connectivity index (χ3n) is 2.64. The lowest BCUT2D eigenvalue weighted by Crippen LogP contribution is -2.42. The molecule has 6 nitrogen and oxygen atoms in total. The molecule has 0 aliphatic heterocycles. The molecule has 0 radical (unpaired) electrons. The quantitative estimate of drug-likeness (QED) is 0.551. The molecule has 0 rings (SSSR count). The second kappa shape index (κ2) is 8.03. The van der Waals surface area contributed by atoms with Gasteiger partial charge in [0.15, 0.2) is 0 Å². The number of carbonyl (C=O) groups excluding carboxylic acids is 1. The number of rotatable bonds is 8. The van der Waals surface area contributed by atoms with E-state index in [9.17, 15) is 9.59 Å². The Kier molecular flexibility index (Phi) is 7.49. The number of nitrogens with one attached hydrogen (secondary N) is 1. The summed E-state index contributed by atoms with van der Waals surface area (Å²) < 4.78 is 4.96. The van der Waals surface area contributed by atoms with E-state index in [-0.39, 0.29) is 37.3 Å². The van der Waals surface area contributed by atoms with Crippen LogP contribution in [0.3, 0.4) is 0 Å². The predicted octanol–water partition coefficient (Wildman–Crippen LogP) is -0.177. The van der Waals surface area contributed by atoms with E-state index in [2.05, 4.69) is 5.32 Å². The van der Waals surface area contributed by atoms with Crippen LogP contribution in [-0.2, 0) is 14.3 Å². The van der Waals surface area contributed by atoms with Crippen molar-refractivity contribution in [2.75, 3.05) is 20.2 Å². The SMILES string of the molecule is COC(CNC(=O)C(CN)C(C)C)CC(=O)O. The molecule has 1 amide bonds. The lowest BCUT2D eigenvalue weighted by Gasteiger charge is -2.20. The van der Waals surface area contributed by atoms with Gasteiger partial charge < -0.3 is 20.9 Å². The molecule has 100 valence electrons. The molecule has 0 aliphatic rings.